The first kappa shape index (κ1) is 16.7. The highest BCUT2D eigenvalue weighted by molar-refractivity contribution is 5.94. The van der Waals surface area contributed by atoms with E-state index in [1.54, 1.807) is 36.7 Å². The highest BCUT2D eigenvalue weighted by atomic mass is 16.5. The van der Waals surface area contributed by atoms with Gasteiger partial charge in [0.15, 0.2) is 0 Å². The Morgan fingerprint density at radius 2 is 2.15 bits per heavy atom. The first-order valence-electron chi connectivity index (χ1n) is 8.65. The van der Waals surface area contributed by atoms with Gasteiger partial charge < -0.3 is 14.4 Å². The Bertz CT molecular complexity index is 816. The van der Waals surface area contributed by atoms with Crippen LogP contribution in [0.25, 0.3) is 0 Å². The van der Waals surface area contributed by atoms with E-state index in [1.807, 2.05) is 17.0 Å². The lowest BCUT2D eigenvalue weighted by Crippen LogP contribution is -2.38. The second-order valence-corrected chi connectivity index (χ2v) is 6.63. The van der Waals surface area contributed by atoms with Crippen molar-refractivity contribution >= 4 is 5.91 Å². The number of pyridine rings is 1. The summed E-state index contributed by atoms with van der Waals surface area (Å²) in [5.41, 5.74) is 2.14. The minimum atomic E-state index is -0.0509. The Kier molecular flexibility index (Phi) is 4.65. The zero-order valence-corrected chi connectivity index (χ0v) is 14.2. The molecular formula is C20H19N3O3. The smallest absolute Gasteiger partial charge is 0.254 e. The molecule has 2 fully saturated rings. The molecule has 2 aliphatic rings. The summed E-state index contributed by atoms with van der Waals surface area (Å²) in [6.45, 7) is 2.18. The minimum Gasteiger partial charge on any atom is -0.379 e. The first-order valence-corrected chi connectivity index (χ1v) is 8.65. The van der Waals surface area contributed by atoms with E-state index < -0.39 is 0 Å². The number of fused-ring (bicyclic) bond motifs is 1. The fourth-order valence-electron chi connectivity index (χ4n) is 3.65. The molecule has 3 heterocycles. The van der Waals surface area contributed by atoms with Gasteiger partial charge >= 0.3 is 0 Å². The minimum absolute atomic E-state index is 0.0389. The van der Waals surface area contributed by atoms with Gasteiger partial charge in [-0.3, -0.25) is 9.78 Å². The van der Waals surface area contributed by atoms with E-state index in [2.05, 4.69) is 11.1 Å². The molecule has 2 saturated heterocycles. The number of benzene rings is 1. The Hall–Kier alpha value is -2.75. The van der Waals surface area contributed by atoms with Crippen LogP contribution in [-0.2, 0) is 16.1 Å². The van der Waals surface area contributed by atoms with Crippen molar-refractivity contribution in [3.05, 3.63) is 65.5 Å². The van der Waals surface area contributed by atoms with E-state index in [1.165, 1.54) is 0 Å². The Morgan fingerprint density at radius 3 is 2.88 bits per heavy atom. The van der Waals surface area contributed by atoms with Gasteiger partial charge in [-0.2, -0.15) is 5.26 Å². The van der Waals surface area contributed by atoms with E-state index in [0.29, 0.717) is 37.5 Å². The average molecular weight is 349 g/mol. The van der Waals surface area contributed by atoms with Crippen LogP contribution in [0.15, 0.2) is 48.8 Å². The zero-order valence-electron chi connectivity index (χ0n) is 14.2. The normalized spacial score (nSPS) is 24.3. The first-order chi connectivity index (χ1) is 12.8. The standard InChI is InChI=1S/C20H19N3O3/c21-8-14-3-5-16(6-4-14)20(24)23-10-19(17-12-25-13-18(17)23)26-11-15-2-1-7-22-9-15/h1-7,9,17-19H,10-13H2/t17-,18+,19-/m1/s1. The molecule has 2 aromatic rings. The second kappa shape index (κ2) is 7.24. The van der Waals surface area contributed by atoms with Crippen LogP contribution < -0.4 is 0 Å². The van der Waals surface area contributed by atoms with Gasteiger partial charge in [-0.05, 0) is 35.9 Å². The molecule has 132 valence electrons. The lowest BCUT2D eigenvalue weighted by Gasteiger charge is -2.22. The third-order valence-electron chi connectivity index (χ3n) is 5.06. The van der Waals surface area contributed by atoms with Crippen molar-refractivity contribution in [2.24, 2.45) is 5.92 Å². The van der Waals surface area contributed by atoms with Gasteiger partial charge in [-0.25, -0.2) is 0 Å². The number of aromatic nitrogens is 1. The lowest BCUT2D eigenvalue weighted by atomic mass is 10.0. The molecule has 2 aliphatic heterocycles. The van der Waals surface area contributed by atoms with Crippen molar-refractivity contribution in [1.82, 2.24) is 9.88 Å². The molecule has 6 nitrogen and oxygen atoms in total. The van der Waals surface area contributed by atoms with Crippen molar-refractivity contribution in [3.63, 3.8) is 0 Å². The van der Waals surface area contributed by atoms with Crippen LogP contribution >= 0.6 is 0 Å². The lowest BCUT2D eigenvalue weighted by molar-refractivity contribution is 0.00925. The molecule has 3 atom stereocenters. The Labute approximate surface area is 152 Å². The van der Waals surface area contributed by atoms with Crippen LogP contribution in [0.1, 0.15) is 21.5 Å². The van der Waals surface area contributed by atoms with Crippen LogP contribution in [0.3, 0.4) is 0 Å². The number of hydrogen-bond donors (Lipinski definition) is 0. The molecule has 0 bridgehead atoms. The van der Waals surface area contributed by atoms with Crippen molar-refractivity contribution in [2.75, 3.05) is 19.8 Å². The van der Waals surface area contributed by atoms with Gasteiger partial charge in [0.05, 0.1) is 43.6 Å². The fraction of sp³-hybridized carbons (Fsp3) is 0.350. The van der Waals surface area contributed by atoms with Crippen LogP contribution in [0.4, 0.5) is 0 Å². The molecule has 1 aromatic heterocycles. The summed E-state index contributed by atoms with van der Waals surface area (Å²) in [7, 11) is 0. The third kappa shape index (κ3) is 3.19. The summed E-state index contributed by atoms with van der Waals surface area (Å²) in [5, 5.41) is 8.91. The van der Waals surface area contributed by atoms with E-state index in [-0.39, 0.29) is 24.0 Å². The van der Waals surface area contributed by atoms with Crippen LogP contribution in [0.5, 0.6) is 0 Å². The summed E-state index contributed by atoms with van der Waals surface area (Å²) in [4.78, 5) is 18.9. The molecule has 0 N–H and O–H groups in total. The Morgan fingerprint density at radius 1 is 1.31 bits per heavy atom. The average Bonchev–Trinajstić information content (AvgIpc) is 3.30. The van der Waals surface area contributed by atoms with Crippen molar-refractivity contribution in [1.29, 1.82) is 5.26 Å². The van der Waals surface area contributed by atoms with Crippen LogP contribution in [0, 0.1) is 17.2 Å². The molecule has 1 amide bonds. The summed E-state index contributed by atoms with van der Waals surface area (Å²) < 4.78 is 11.7. The molecule has 1 aromatic carbocycles. The predicted molar refractivity (Wildman–Crippen MR) is 93.1 cm³/mol. The van der Waals surface area contributed by atoms with Gasteiger partial charge in [-0.1, -0.05) is 6.07 Å². The zero-order chi connectivity index (χ0) is 17.9. The van der Waals surface area contributed by atoms with Gasteiger partial charge in [0.1, 0.15) is 0 Å². The largest absolute Gasteiger partial charge is 0.379 e. The molecule has 0 aliphatic carbocycles. The highest BCUT2D eigenvalue weighted by Gasteiger charge is 2.48. The van der Waals surface area contributed by atoms with Crippen molar-refractivity contribution < 1.29 is 14.3 Å². The van der Waals surface area contributed by atoms with Crippen LogP contribution in [-0.4, -0.2) is 47.7 Å². The summed E-state index contributed by atoms with van der Waals surface area (Å²) in [6, 6.07) is 12.7. The van der Waals surface area contributed by atoms with Gasteiger partial charge in [0.25, 0.3) is 5.91 Å². The number of carbonyl (C=O) groups is 1. The predicted octanol–water partition coefficient (Wildman–Crippen LogP) is 2.01. The van der Waals surface area contributed by atoms with E-state index in [0.717, 1.165) is 5.56 Å². The SMILES string of the molecule is N#Cc1ccc(C(=O)N2C[C@@H](OCc3cccnc3)[C@@H]3COC[C@@H]32)cc1. The number of carbonyl (C=O) groups excluding carboxylic acids is 1. The molecule has 26 heavy (non-hydrogen) atoms. The maximum absolute atomic E-state index is 12.9. The number of nitriles is 1. The van der Waals surface area contributed by atoms with E-state index >= 15 is 0 Å². The molecule has 4 rings (SSSR count). The number of likely N-dealkylation sites (tertiary alicyclic amines) is 1. The third-order valence-corrected chi connectivity index (χ3v) is 5.06. The Balaban J connectivity index is 1.47. The summed E-state index contributed by atoms with van der Waals surface area (Å²) in [6.07, 6.45) is 3.47. The van der Waals surface area contributed by atoms with Crippen molar-refractivity contribution in [2.45, 2.75) is 18.8 Å². The van der Waals surface area contributed by atoms with Gasteiger partial charge in [0, 0.05) is 30.4 Å². The number of hydrogen-bond acceptors (Lipinski definition) is 5. The highest BCUT2D eigenvalue weighted by Crippen LogP contribution is 2.33. The fourth-order valence-corrected chi connectivity index (χ4v) is 3.65. The van der Waals surface area contributed by atoms with Gasteiger partial charge in [0.2, 0.25) is 0 Å². The maximum Gasteiger partial charge on any atom is 0.254 e. The molecular weight excluding hydrogens is 330 g/mol. The van der Waals surface area contributed by atoms with E-state index in [4.69, 9.17) is 14.7 Å². The van der Waals surface area contributed by atoms with Gasteiger partial charge in [-0.15, -0.1) is 0 Å². The number of amides is 1. The number of rotatable bonds is 4. The molecule has 6 heteroatoms. The quantitative estimate of drug-likeness (QED) is 0.844. The molecule has 0 spiro atoms. The van der Waals surface area contributed by atoms with Crippen LogP contribution in [0.2, 0.25) is 0 Å². The second-order valence-electron chi connectivity index (χ2n) is 6.63. The maximum atomic E-state index is 12.9. The van der Waals surface area contributed by atoms with Crippen molar-refractivity contribution in [3.8, 4) is 6.07 Å². The monoisotopic (exact) mass is 349 g/mol. The number of ether oxygens (including phenoxy) is 2. The molecule has 0 unspecified atom stereocenters. The number of nitrogens with zero attached hydrogens (tertiary/aromatic N) is 3. The van der Waals surface area contributed by atoms with E-state index in [9.17, 15) is 4.79 Å². The molecule has 0 saturated carbocycles. The molecule has 0 radical (unpaired) electrons. The topological polar surface area (TPSA) is 75.5 Å². The summed E-state index contributed by atoms with van der Waals surface area (Å²) >= 11 is 0. The summed E-state index contributed by atoms with van der Waals surface area (Å²) in [5.74, 6) is 0.150.